The highest BCUT2D eigenvalue weighted by Gasteiger charge is 2.32. The van der Waals surface area contributed by atoms with Gasteiger partial charge in [-0.05, 0) is 64.2 Å². The van der Waals surface area contributed by atoms with Crippen LogP contribution in [0.3, 0.4) is 0 Å². The van der Waals surface area contributed by atoms with E-state index in [2.05, 4.69) is 15.5 Å². The Morgan fingerprint density at radius 3 is 2.50 bits per heavy atom. The number of hydrogen-bond donors (Lipinski definition) is 3. The molecule has 8 nitrogen and oxygen atoms in total. The van der Waals surface area contributed by atoms with Crippen LogP contribution in [0.2, 0.25) is 0 Å². The summed E-state index contributed by atoms with van der Waals surface area (Å²) in [4.78, 5) is 38.0. The summed E-state index contributed by atoms with van der Waals surface area (Å²) in [6.45, 7) is 7.35. The maximum atomic E-state index is 12.2. The molecule has 0 spiro atoms. The van der Waals surface area contributed by atoms with Crippen LogP contribution in [0.15, 0.2) is 18.2 Å². The van der Waals surface area contributed by atoms with Crippen LogP contribution in [0.5, 0.6) is 0 Å². The van der Waals surface area contributed by atoms with E-state index < -0.39 is 17.4 Å². The third-order valence-electron chi connectivity index (χ3n) is 6.01. The van der Waals surface area contributed by atoms with Crippen LogP contribution in [-0.4, -0.2) is 49.2 Å². The molecule has 2 fully saturated rings. The molecule has 2 amide bonds. The minimum atomic E-state index is -0.616. The number of imide groups is 1. The molecule has 1 aromatic rings. The SMILES string of the molecule is CNc1cc(N2CCC(CC(=O)OC(C)(C)C)CC2)ccc1C(=N)C1CCC(=O)NC1=O. The Bertz CT molecular complexity index is 898. The molecule has 32 heavy (non-hydrogen) atoms. The molecule has 2 heterocycles. The van der Waals surface area contributed by atoms with Crippen LogP contribution in [0.4, 0.5) is 11.4 Å². The maximum absolute atomic E-state index is 12.2. The summed E-state index contributed by atoms with van der Waals surface area (Å²) in [6.07, 6.45) is 2.91. The van der Waals surface area contributed by atoms with Crippen LogP contribution in [0, 0.1) is 17.2 Å². The lowest BCUT2D eigenvalue weighted by Crippen LogP contribution is -2.44. The first-order chi connectivity index (χ1) is 15.1. The van der Waals surface area contributed by atoms with Gasteiger partial charge in [-0.3, -0.25) is 19.7 Å². The summed E-state index contributed by atoms with van der Waals surface area (Å²) in [7, 11) is 1.80. The molecule has 2 aliphatic rings. The average Bonchev–Trinajstić information content (AvgIpc) is 2.72. The lowest BCUT2D eigenvalue weighted by molar-refractivity contribution is -0.156. The number of carbonyl (C=O) groups excluding carboxylic acids is 3. The van der Waals surface area contributed by atoms with Gasteiger partial charge in [0, 0.05) is 49.9 Å². The predicted molar refractivity (Wildman–Crippen MR) is 124 cm³/mol. The molecule has 0 saturated carbocycles. The van der Waals surface area contributed by atoms with Gasteiger partial charge in [-0.2, -0.15) is 0 Å². The van der Waals surface area contributed by atoms with Gasteiger partial charge in [0.05, 0.1) is 11.6 Å². The smallest absolute Gasteiger partial charge is 0.306 e. The second-order valence-corrected chi connectivity index (χ2v) is 9.62. The van der Waals surface area contributed by atoms with E-state index in [0.29, 0.717) is 24.3 Å². The summed E-state index contributed by atoms with van der Waals surface area (Å²) in [5.41, 5.74) is 2.27. The van der Waals surface area contributed by atoms with Crippen molar-refractivity contribution in [2.45, 2.75) is 58.5 Å². The third kappa shape index (κ3) is 5.87. The van der Waals surface area contributed by atoms with Crippen molar-refractivity contribution in [3.8, 4) is 0 Å². The van der Waals surface area contributed by atoms with Crippen LogP contribution in [0.1, 0.15) is 58.4 Å². The Balaban J connectivity index is 1.63. The third-order valence-corrected chi connectivity index (χ3v) is 6.01. The fourth-order valence-corrected chi connectivity index (χ4v) is 4.34. The van der Waals surface area contributed by atoms with Gasteiger partial charge < -0.3 is 20.4 Å². The van der Waals surface area contributed by atoms with E-state index in [1.165, 1.54) is 0 Å². The normalized spacial score (nSPS) is 20.0. The number of benzene rings is 1. The molecule has 174 valence electrons. The van der Waals surface area contributed by atoms with Crippen molar-refractivity contribution in [3.63, 3.8) is 0 Å². The summed E-state index contributed by atoms with van der Waals surface area (Å²) in [5.74, 6) is -1.11. The number of carbonyl (C=O) groups is 3. The van der Waals surface area contributed by atoms with Crippen molar-refractivity contribution >= 4 is 34.9 Å². The monoisotopic (exact) mass is 442 g/mol. The Kier molecular flexibility index (Phi) is 7.21. The van der Waals surface area contributed by atoms with Gasteiger partial charge in [-0.25, -0.2) is 0 Å². The molecular weight excluding hydrogens is 408 g/mol. The van der Waals surface area contributed by atoms with E-state index in [4.69, 9.17) is 10.1 Å². The Labute approximate surface area is 189 Å². The molecule has 0 aromatic heterocycles. The Morgan fingerprint density at radius 2 is 1.91 bits per heavy atom. The van der Waals surface area contributed by atoms with E-state index in [1.54, 1.807) is 7.05 Å². The number of nitrogens with one attached hydrogen (secondary N) is 3. The minimum Gasteiger partial charge on any atom is -0.460 e. The lowest BCUT2D eigenvalue weighted by Gasteiger charge is -2.34. The van der Waals surface area contributed by atoms with Crippen molar-refractivity contribution in [1.82, 2.24) is 5.32 Å². The Morgan fingerprint density at radius 1 is 1.22 bits per heavy atom. The molecule has 1 atom stereocenters. The molecule has 8 heteroatoms. The van der Waals surface area contributed by atoms with Gasteiger partial charge in [0.2, 0.25) is 11.8 Å². The second kappa shape index (κ2) is 9.71. The zero-order valence-corrected chi connectivity index (χ0v) is 19.4. The average molecular weight is 443 g/mol. The quantitative estimate of drug-likeness (QED) is 0.355. The number of anilines is 2. The number of piperidine rings is 2. The van der Waals surface area contributed by atoms with Crippen LogP contribution in [-0.2, 0) is 19.1 Å². The fourth-order valence-electron chi connectivity index (χ4n) is 4.34. The second-order valence-electron chi connectivity index (χ2n) is 9.62. The zero-order valence-electron chi connectivity index (χ0n) is 19.4. The molecule has 0 bridgehead atoms. The van der Waals surface area contributed by atoms with E-state index in [9.17, 15) is 14.4 Å². The molecule has 0 aliphatic carbocycles. The highest BCUT2D eigenvalue weighted by atomic mass is 16.6. The largest absolute Gasteiger partial charge is 0.460 e. The summed E-state index contributed by atoms with van der Waals surface area (Å²) < 4.78 is 5.45. The Hall–Kier alpha value is -2.90. The number of hydrogen-bond acceptors (Lipinski definition) is 7. The van der Waals surface area contributed by atoms with E-state index in [-0.39, 0.29) is 24.0 Å². The highest BCUT2D eigenvalue weighted by Crippen LogP contribution is 2.31. The molecule has 2 aliphatic heterocycles. The number of amides is 2. The van der Waals surface area contributed by atoms with Gasteiger partial charge in [-0.1, -0.05) is 0 Å². The van der Waals surface area contributed by atoms with Gasteiger partial charge in [0.1, 0.15) is 5.60 Å². The molecular formula is C24H34N4O4. The molecule has 0 radical (unpaired) electrons. The summed E-state index contributed by atoms with van der Waals surface area (Å²) >= 11 is 0. The summed E-state index contributed by atoms with van der Waals surface area (Å²) in [6, 6.07) is 5.86. The maximum Gasteiger partial charge on any atom is 0.306 e. The number of ether oxygens (including phenoxy) is 1. The first kappa shape index (κ1) is 23.8. The van der Waals surface area contributed by atoms with Crippen molar-refractivity contribution in [2.75, 3.05) is 30.4 Å². The fraction of sp³-hybridized carbons (Fsp3) is 0.583. The topological polar surface area (TPSA) is 112 Å². The van der Waals surface area contributed by atoms with Gasteiger partial charge in [0.25, 0.3) is 0 Å². The van der Waals surface area contributed by atoms with Crippen LogP contribution in [0.25, 0.3) is 0 Å². The number of esters is 1. The molecule has 1 unspecified atom stereocenters. The number of nitrogens with zero attached hydrogens (tertiary/aromatic N) is 1. The molecule has 2 saturated heterocycles. The molecule has 1 aromatic carbocycles. The van der Waals surface area contributed by atoms with Crippen molar-refractivity contribution in [1.29, 1.82) is 5.41 Å². The van der Waals surface area contributed by atoms with E-state index in [0.717, 1.165) is 37.3 Å². The highest BCUT2D eigenvalue weighted by molar-refractivity contribution is 6.17. The van der Waals surface area contributed by atoms with Crippen LogP contribution >= 0.6 is 0 Å². The van der Waals surface area contributed by atoms with Gasteiger partial charge in [0.15, 0.2) is 0 Å². The molecule has 3 N–H and O–H groups in total. The van der Waals surface area contributed by atoms with E-state index in [1.807, 2.05) is 39.0 Å². The van der Waals surface area contributed by atoms with Gasteiger partial charge >= 0.3 is 5.97 Å². The first-order valence-electron chi connectivity index (χ1n) is 11.3. The lowest BCUT2D eigenvalue weighted by atomic mass is 9.88. The summed E-state index contributed by atoms with van der Waals surface area (Å²) in [5, 5.41) is 14.0. The zero-order chi connectivity index (χ0) is 23.5. The minimum absolute atomic E-state index is 0.135. The molecule has 3 rings (SSSR count). The van der Waals surface area contributed by atoms with Crippen molar-refractivity contribution < 1.29 is 19.1 Å². The van der Waals surface area contributed by atoms with E-state index >= 15 is 0 Å². The van der Waals surface area contributed by atoms with Crippen LogP contribution < -0.4 is 15.5 Å². The standard InChI is InChI=1S/C24H34N4O4/c1-24(2,3)32-21(30)13-15-9-11-28(12-10-15)16-5-6-17(19(14-16)26-4)22(25)18-7-8-20(29)27-23(18)31/h5-6,14-15,18,25-26H,7-13H2,1-4H3,(H,27,29,31). The number of rotatable bonds is 6. The first-order valence-corrected chi connectivity index (χ1v) is 11.3. The van der Waals surface area contributed by atoms with Crippen molar-refractivity contribution in [2.24, 2.45) is 11.8 Å². The predicted octanol–water partition coefficient (Wildman–Crippen LogP) is 3.10. The van der Waals surface area contributed by atoms with Crippen molar-refractivity contribution in [3.05, 3.63) is 23.8 Å². The van der Waals surface area contributed by atoms with Gasteiger partial charge in [-0.15, -0.1) is 0 Å².